The summed E-state index contributed by atoms with van der Waals surface area (Å²) in [5.41, 5.74) is 4.65. The number of rotatable bonds is 8. The Bertz CT molecular complexity index is 772. The predicted molar refractivity (Wildman–Crippen MR) is 104 cm³/mol. The van der Waals surface area contributed by atoms with Crippen molar-refractivity contribution in [2.75, 3.05) is 6.61 Å². The smallest absolute Gasteiger partial charge is 0.407 e. The number of aliphatic carboxylic acids is 1. The molecule has 0 heterocycles. The molecule has 1 aliphatic rings. The summed E-state index contributed by atoms with van der Waals surface area (Å²) in [6, 6.07) is 15.9. The van der Waals surface area contributed by atoms with Gasteiger partial charge in [0.05, 0.1) is 6.42 Å². The summed E-state index contributed by atoms with van der Waals surface area (Å²) < 4.78 is 5.49. The van der Waals surface area contributed by atoms with Gasteiger partial charge in [-0.05, 0) is 28.7 Å². The van der Waals surface area contributed by atoms with Crippen molar-refractivity contribution < 1.29 is 19.4 Å². The number of unbranched alkanes of at least 4 members (excludes halogenated alkanes) is 1. The van der Waals surface area contributed by atoms with Gasteiger partial charge in [0.1, 0.15) is 6.61 Å². The van der Waals surface area contributed by atoms with E-state index in [2.05, 4.69) is 29.6 Å². The van der Waals surface area contributed by atoms with Gasteiger partial charge in [-0.15, -0.1) is 0 Å². The predicted octanol–water partition coefficient (Wildman–Crippen LogP) is 4.56. The Morgan fingerprint density at radius 3 is 2.22 bits per heavy atom. The number of carboxylic acids is 1. The van der Waals surface area contributed by atoms with Crippen LogP contribution in [0.25, 0.3) is 11.1 Å². The number of carbonyl (C=O) groups excluding carboxylic acids is 1. The first kappa shape index (κ1) is 19.0. The zero-order valence-electron chi connectivity index (χ0n) is 15.5. The lowest BCUT2D eigenvalue weighted by molar-refractivity contribution is -0.137. The summed E-state index contributed by atoms with van der Waals surface area (Å²) in [5.74, 6) is -0.924. The molecule has 0 saturated carbocycles. The van der Waals surface area contributed by atoms with Gasteiger partial charge in [-0.2, -0.15) is 0 Å². The van der Waals surface area contributed by atoms with Crippen LogP contribution in [-0.2, 0) is 9.53 Å². The third kappa shape index (κ3) is 4.48. The molecule has 2 N–H and O–H groups in total. The summed E-state index contributed by atoms with van der Waals surface area (Å²) in [4.78, 5) is 23.3. The van der Waals surface area contributed by atoms with Crippen LogP contribution in [0.5, 0.6) is 0 Å². The van der Waals surface area contributed by atoms with Crippen LogP contribution in [0, 0.1) is 0 Å². The normalized spacial score (nSPS) is 13.5. The second-order valence-electron chi connectivity index (χ2n) is 6.91. The monoisotopic (exact) mass is 367 g/mol. The molecule has 2 aromatic carbocycles. The molecule has 3 rings (SSSR count). The van der Waals surface area contributed by atoms with Gasteiger partial charge < -0.3 is 15.2 Å². The Morgan fingerprint density at radius 2 is 1.67 bits per heavy atom. The van der Waals surface area contributed by atoms with E-state index >= 15 is 0 Å². The standard InChI is InChI=1S/C22H25NO4/c1-2-3-8-15(13-21(24)25)23-22(26)27-14-20-18-11-6-4-9-16(18)17-10-5-7-12-19(17)20/h4-7,9-12,15,20H,2-3,8,13-14H2,1H3,(H,23,26)(H,24,25)/t15-/m0/s1. The number of amides is 1. The molecule has 0 unspecified atom stereocenters. The van der Waals surface area contributed by atoms with E-state index in [0.29, 0.717) is 6.42 Å². The number of alkyl carbamates (subject to hydrolysis) is 1. The molecule has 0 saturated heterocycles. The lowest BCUT2D eigenvalue weighted by atomic mass is 9.98. The van der Waals surface area contributed by atoms with Crippen LogP contribution in [-0.4, -0.2) is 29.8 Å². The quantitative estimate of drug-likeness (QED) is 0.717. The summed E-state index contributed by atoms with van der Waals surface area (Å²) in [5, 5.41) is 11.7. The molecule has 5 nitrogen and oxygen atoms in total. The van der Waals surface area contributed by atoms with Crippen LogP contribution in [0.4, 0.5) is 4.79 Å². The van der Waals surface area contributed by atoms with Gasteiger partial charge >= 0.3 is 12.1 Å². The maximum atomic E-state index is 12.3. The molecule has 5 heteroatoms. The molecular formula is C22H25NO4. The Kier molecular flexibility index (Phi) is 6.12. The summed E-state index contributed by atoms with van der Waals surface area (Å²) >= 11 is 0. The minimum absolute atomic E-state index is 0.00304. The summed E-state index contributed by atoms with van der Waals surface area (Å²) in [7, 11) is 0. The number of hydrogen-bond donors (Lipinski definition) is 2. The average molecular weight is 367 g/mol. The Morgan fingerprint density at radius 1 is 1.07 bits per heavy atom. The van der Waals surface area contributed by atoms with Crippen molar-refractivity contribution >= 4 is 12.1 Å². The highest BCUT2D eigenvalue weighted by molar-refractivity contribution is 5.79. The van der Waals surface area contributed by atoms with Gasteiger partial charge in [0.15, 0.2) is 0 Å². The zero-order valence-corrected chi connectivity index (χ0v) is 15.5. The minimum atomic E-state index is -0.921. The molecule has 0 aromatic heterocycles. The maximum absolute atomic E-state index is 12.3. The van der Waals surface area contributed by atoms with Crippen molar-refractivity contribution in [3.05, 3.63) is 59.7 Å². The van der Waals surface area contributed by atoms with E-state index in [-0.39, 0.29) is 18.9 Å². The molecule has 1 amide bonds. The van der Waals surface area contributed by atoms with Crippen LogP contribution in [0.15, 0.2) is 48.5 Å². The highest BCUT2D eigenvalue weighted by atomic mass is 16.5. The summed E-state index contributed by atoms with van der Waals surface area (Å²) in [6.45, 7) is 2.26. The first-order chi connectivity index (χ1) is 13.1. The molecular weight excluding hydrogens is 342 g/mol. The number of carbonyl (C=O) groups is 2. The second kappa shape index (κ2) is 8.71. The number of benzene rings is 2. The van der Waals surface area contributed by atoms with Crippen LogP contribution in [0.2, 0.25) is 0 Å². The number of nitrogens with one attached hydrogen (secondary N) is 1. The molecule has 142 valence electrons. The molecule has 0 spiro atoms. The number of carboxylic acid groups (broad SMARTS) is 1. The molecule has 1 aliphatic carbocycles. The lowest BCUT2D eigenvalue weighted by Crippen LogP contribution is -2.37. The molecule has 27 heavy (non-hydrogen) atoms. The SMILES string of the molecule is CCCC[C@@H](CC(=O)O)NC(=O)OCC1c2ccccc2-c2ccccc21. The van der Waals surface area contributed by atoms with Crippen molar-refractivity contribution in [2.45, 2.75) is 44.6 Å². The maximum Gasteiger partial charge on any atom is 0.407 e. The van der Waals surface area contributed by atoms with E-state index in [9.17, 15) is 9.59 Å². The Labute approximate surface area is 159 Å². The topological polar surface area (TPSA) is 75.6 Å². The number of ether oxygens (including phenoxy) is 1. The first-order valence-electron chi connectivity index (χ1n) is 9.43. The van der Waals surface area contributed by atoms with Crippen molar-refractivity contribution in [2.24, 2.45) is 0 Å². The van der Waals surface area contributed by atoms with Crippen LogP contribution in [0.1, 0.15) is 49.7 Å². The van der Waals surface area contributed by atoms with E-state index in [0.717, 1.165) is 24.0 Å². The van der Waals surface area contributed by atoms with Gasteiger partial charge in [-0.25, -0.2) is 4.79 Å². The van der Waals surface area contributed by atoms with Crippen molar-refractivity contribution in [3.63, 3.8) is 0 Å². The second-order valence-corrected chi connectivity index (χ2v) is 6.91. The van der Waals surface area contributed by atoms with E-state index in [1.165, 1.54) is 11.1 Å². The Hall–Kier alpha value is -2.82. The average Bonchev–Trinajstić information content (AvgIpc) is 2.98. The highest BCUT2D eigenvalue weighted by Gasteiger charge is 2.29. The third-order valence-corrected chi connectivity index (χ3v) is 4.99. The van der Waals surface area contributed by atoms with E-state index in [1.54, 1.807) is 0 Å². The van der Waals surface area contributed by atoms with Crippen LogP contribution in [0.3, 0.4) is 0 Å². The van der Waals surface area contributed by atoms with Gasteiger partial charge in [0.2, 0.25) is 0 Å². The van der Waals surface area contributed by atoms with Crippen LogP contribution < -0.4 is 5.32 Å². The zero-order chi connectivity index (χ0) is 19.2. The van der Waals surface area contributed by atoms with Gasteiger partial charge in [-0.3, -0.25) is 4.79 Å². The van der Waals surface area contributed by atoms with Crippen molar-refractivity contribution in [1.29, 1.82) is 0 Å². The fraction of sp³-hybridized carbons (Fsp3) is 0.364. The summed E-state index contributed by atoms with van der Waals surface area (Å²) in [6.07, 6.45) is 1.79. The first-order valence-corrected chi connectivity index (χ1v) is 9.43. The van der Waals surface area contributed by atoms with Gasteiger partial charge in [-0.1, -0.05) is 68.3 Å². The third-order valence-electron chi connectivity index (χ3n) is 4.99. The fourth-order valence-corrected chi connectivity index (χ4v) is 3.69. The van der Waals surface area contributed by atoms with E-state index in [4.69, 9.17) is 9.84 Å². The molecule has 1 atom stereocenters. The fourth-order valence-electron chi connectivity index (χ4n) is 3.69. The van der Waals surface area contributed by atoms with E-state index in [1.807, 2.05) is 31.2 Å². The number of fused-ring (bicyclic) bond motifs is 3. The molecule has 0 aliphatic heterocycles. The Balaban J connectivity index is 1.65. The molecule has 0 radical (unpaired) electrons. The molecule has 0 bridgehead atoms. The number of hydrogen-bond acceptors (Lipinski definition) is 3. The van der Waals surface area contributed by atoms with E-state index < -0.39 is 18.1 Å². The van der Waals surface area contributed by atoms with Gasteiger partial charge in [0.25, 0.3) is 0 Å². The highest BCUT2D eigenvalue weighted by Crippen LogP contribution is 2.44. The molecule has 2 aromatic rings. The largest absolute Gasteiger partial charge is 0.481 e. The van der Waals surface area contributed by atoms with Gasteiger partial charge in [0, 0.05) is 12.0 Å². The van der Waals surface area contributed by atoms with Crippen LogP contribution >= 0.6 is 0 Å². The lowest BCUT2D eigenvalue weighted by Gasteiger charge is -2.18. The minimum Gasteiger partial charge on any atom is -0.481 e. The van der Waals surface area contributed by atoms with Crippen molar-refractivity contribution in [3.8, 4) is 11.1 Å². The molecule has 0 fully saturated rings. The van der Waals surface area contributed by atoms with Crippen molar-refractivity contribution in [1.82, 2.24) is 5.32 Å².